The highest BCUT2D eigenvalue weighted by atomic mass is 16.2. The van der Waals surface area contributed by atoms with E-state index in [1.807, 2.05) is 0 Å². The van der Waals surface area contributed by atoms with Gasteiger partial charge in [0.2, 0.25) is 5.91 Å². The van der Waals surface area contributed by atoms with Crippen molar-refractivity contribution in [2.45, 2.75) is 64.0 Å². The van der Waals surface area contributed by atoms with Crippen LogP contribution in [0.1, 0.15) is 56.5 Å². The van der Waals surface area contributed by atoms with Crippen molar-refractivity contribution in [2.75, 3.05) is 26.2 Å². The third-order valence-corrected chi connectivity index (χ3v) is 5.71. The Kier molecular flexibility index (Phi) is 4.14. The minimum absolute atomic E-state index is 0.323. The van der Waals surface area contributed by atoms with E-state index in [1.165, 1.54) is 43.5 Å². The average molecular weight is 316 g/mol. The Bertz CT molecular complexity index is 578. The Labute approximate surface area is 138 Å². The summed E-state index contributed by atoms with van der Waals surface area (Å²) in [6.45, 7) is 5.58. The lowest BCUT2D eigenvalue weighted by atomic mass is 10.0. The maximum absolute atomic E-state index is 12.5. The fourth-order valence-corrected chi connectivity index (χ4v) is 4.30. The number of nitrogens with zero attached hydrogens (tertiary/aromatic N) is 4. The minimum Gasteiger partial charge on any atom is -0.339 e. The van der Waals surface area contributed by atoms with Crippen LogP contribution < -0.4 is 0 Å². The number of amides is 1. The summed E-state index contributed by atoms with van der Waals surface area (Å²) in [7, 11) is 0. The lowest BCUT2D eigenvalue weighted by Gasteiger charge is -2.24. The molecule has 1 saturated heterocycles. The lowest BCUT2D eigenvalue weighted by molar-refractivity contribution is -0.132. The van der Waals surface area contributed by atoms with Crippen molar-refractivity contribution in [3.8, 4) is 0 Å². The molecule has 2 heterocycles. The van der Waals surface area contributed by atoms with Crippen molar-refractivity contribution >= 4 is 5.91 Å². The summed E-state index contributed by atoms with van der Waals surface area (Å²) in [5, 5.41) is 0. The van der Waals surface area contributed by atoms with Gasteiger partial charge in [-0.05, 0) is 51.9 Å². The molecule has 1 saturated carbocycles. The zero-order valence-corrected chi connectivity index (χ0v) is 14.2. The van der Waals surface area contributed by atoms with E-state index < -0.39 is 0 Å². The second kappa shape index (κ2) is 6.27. The molecular formula is C18H28N4O. The molecule has 126 valence electrons. The molecule has 3 aliphatic rings. The number of carbonyl (C=O) groups excluding carboxylic acids is 1. The van der Waals surface area contributed by atoms with E-state index in [0.717, 1.165) is 32.5 Å². The number of carbonyl (C=O) groups is 1. The molecule has 0 unspecified atom stereocenters. The zero-order chi connectivity index (χ0) is 15.8. The van der Waals surface area contributed by atoms with Gasteiger partial charge in [-0.1, -0.05) is 0 Å². The summed E-state index contributed by atoms with van der Waals surface area (Å²) in [5.41, 5.74) is 2.78. The van der Waals surface area contributed by atoms with Gasteiger partial charge in [-0.3, -0.25) is 9.69 Å². The van der Waals surface area contributed by atoms with E-state index in [4.69, 9.17) is 0 Å². The normalized spacial score (nSPS) is 24.7. The Hall–Kier alpha value is -1.36. The van der Waals surface area contributed by atoms with Crippen LogP contribution in [0.4, 0.5) is 0 Å². The van der Waals surface area contributed by atoms with Gasteiger partial charge in [0.15, 0.2) is 0 Å². The zero-order valence-electron chi connectivity index (χ0n) is 14.2. The van der Waals surface area contributed by atoms with Crippen LogP contribution in [0, 0.1) is 0 Å². The quantitative estimate of drug-likeness (QED) is 0.834. The first-order chi connectivity index (χ1) is 11.3. The Morgan fingerprint density at radius 1 is 1.30 bits per heavy atom. The molecule has 1 aliphatic heterocycles. The summed E-state index contributed by atoms with van der Waals surface area (Å²) < 4.78 is 2.41. The third-order valence-electron chi connectivity index (χ3n) is 5.71. The van der Waals surface area contributed by atoms with Gasteiger partial charge in [0.25, 0.3) is 0 Å². The largest absolute Gasteiger partial charge is 0.339 e. The van der Waals surface area contributed by atoms with Crippen LogP contribution in [0.15, 0.2) is 6.33 Å². The Balaban J connectivity index is 1.37. The highest BCUT2D eigenvalue weighted by Gasteiger charge is 2.34. The number of imidazole rings is 1. The Morgan fingerprint density at radius 2 is 2.13 bits per heavy atom. The first kappa shape index (κ1) is 15.2. The summed E-state index contributed by atoms with van der Waals surface area (Å²) in [4.78, 5) is 21.5. The average Bonchev–Trinajstić information content (AvgIpc) is 3.12. The van der Waals surface area contributed by atoms with Crippen molar-refractivity contribution in [3.63, 3.8) is 0 Å². The number of fused-ring (bicyclic) bond motifs is 1. The van der Waals surface area contributed by atoms with Crippen molar-refractivity contribution in [1.82, 2.24) is 19.4 Å². The van der Waals surface area contributed by atoms with Crippen LogP contribution in [0.3, 0.4) is 0 Å². The van der Waals surface area contributed by atoms with E-state index in [9.17, 15) is 4.79 Å². The van der Waals surface area contributed by atoms with Crippen LogP contribution in [-0.2, 0) is 17.6 Å². The van der Waals surface area contributed by atoms with E-state index >= 15 is 0 Å². The van der Waals surface area contributed by atoms with Crippen LogP contribution >= 0.6 is 0 Å². The maximum Gasteiger partial charge on any atom is 0.236 e. The van der Waals surface area contributed by atoms with Gasteiger partial charge in [0.1, 0.15) is 0 Å². The van der Waals surface area contributed by atoms with Crippen molar-refractivity contribution < 1.29 is 4.79 Å². The van der Waals surface area contributed by atoms with Gasteiger partial charge >= 0.3 is 0 Å². The third kappa shape index (κ3) is 3.03. The molecule has 0 spiro atoms. The molecule has 0 aromatic carbocycles. The fraction of sp³-hybridized carbons (Fsp3) is 0.778. The number of hydrogen-bond donors (Lipinski definition) is 0. The van der Waals surface area contributed by atoms with Gasteiger partial charge in [-0.15, -0.1) is 0 Å². The van der Waals surface area contributed by atoms with Crippen LogP contribution in [0.25, 0.3) is 0 Å². The highest BCUT2D eigenvalue weighted by Crippen LogP contribution is 2.29. The molecule has 4 rings (SSSR count). The van der Waals surface area contributed by atoms with Crippen molar-refractivity contribution in [1.29, 1.82) is 0 Å². The number of aromatic nitrogens is 2. The molecule has 1 aromatic rings. The molecule has 2 aliphatic carbocycles. The highest BCUT2D eigenvalue weighted by molar-refractivity contribution is 5.79. The molecule has 0 radical (unpaired) electrons. The van der Waals surface area contributed by atoms with Crippen LogP contribution in [0.2, 0.25) is 0 Å². The number of aryl methyl sites for hydroxylation is 1. The van der Waals surface area contributed by atoms with Gasteiger partial charge in [-0.25, -0.2) is 4.98 Å². The van der Waals surface area contributed by atoms with Crippen LogP contribution in [-0.4, -0.2) is 57.5 Å². The standard InChI is InChI=1S/C18H28N4O/c1-2-21(14-7-8-14)18(23)12-20-10-9-15(11-20)22-13-19-16-5-3-4-6-17(16)22/h13-15H,2-12H2,1H3/t15-/m0/s1. The lowest BCUT2D eigenvalue weighted by Crippen LogP contribution is -2.40. The summed E-state index contributed by atoms with van der Waals surface area (Å²) >= 11 is 0. The topological polar surface area (TPSA) is 41.4 Å². The monoisotopic (exact) mass is 316 g/mol. The van der Waals surface area contributed by atoms with E-state index in [-0.39, 0.29) is 0 Å². The van der Waals surface area contributed by atoms with Gasteiger partial charge in [-0.2, -0.15) is 0 Å². The summed E-state index contributed by atoms with van der Waals surface area (Å²) in [5.74, 6) is 0.323. The summed E-state index contributed by atoms with van der Waals surface area (Å²) in [6.07, 6.45) is 10.5. The predicted octanol–water partition coefficient (Wildman–Crippen LogP) is 2.02. The smallest absolute Gasteiger partial charge is 0.236 e. The minimum atomic E-state index is 0.323. The molecule has 0 N–H and O–H groups in total. The second-order valence-electron chi connectivity index (χ2n) is 7.34. The van der Waals surface area contributed by atoms with E-state index in [1.54, 1.807) is 0 Å². The summed E-state index contributed by atoms with van der Waals surface area (Å²) in [6, 6.07) is 1.04. The molecular weight excluding hydrogens is 288 g/mol. The molecule has 1 atom stereocenters. The van der Waals surface area contributed by atoms with E-state index in [0.29, 0.717) is 24.5 Å². The fourth-order valence-electron chi connectivity index (χ4n) is 4.30. The maximum atomic E-state index is 12.5. The molecule has 5 heteroatoms. The first-order valence-electron chi connectivity index (χ1n) is 9.32. The SMILES string of the molecule is CCN(C(=O)CN1CC[C@H](n2cnc3c2CCCC3)C1)C1CC1. The predicted molar refractivity (Wildman–Crippen MR) is 89.4 cm³/mol. The van der Waals surface area contributed by atoms with Gasteiger partial charge in [0.05, 0.1) is 18.6 Å². The van der Waals surface area contributed by atoms with Gasteiger partial charge < -0.3 is 9.47 Å². The van der Waals surface area contributed by atoms with Gasteiger partial charge in [0, 0.05) is 37.4 Å². The number of rotatable bonds is 5. The molecule has 0 bridgehead atoms. The number of hydrogen-bond acceptors (Lipinski definition) is 3. The Morgan fingerprint density at radius 3 is 2.91 bits per heavy atom. The second-order valence-corrected chi connectivity index (χ2v) is 7.34. The molecule has 1 amide bonds. The first-order valence-corrected chi connectivity index (χ1v) is 9.32. The van der Waals surface area contributed by atoms with E-state index in [2.05, 4.69) is 32.6 Å². The van der Waals surface area contributed by atoms with Crippen molar-refractivity contribution in [3.05, 3.63) is 17.7 Å². The molecule has 2 fully saturated rings. The van der Waals surface area contributed by atoms with Crippen LogP contribution in [0.5, 0.6) is 0 Å². The van der Waals surface area contributed by atoms with Crippen molar-refractivity contribution in [2.24, 2.45) is 0 Å². The number of likely N-dealkylation sites (tertiary alicyclic amines) is 1. The molecule has 23 heavy (non-hydrogen) atoms. The number of likely N-dealkylation sites (N-methyl/N-ethyl adjacent to an activating group) is 1. The molecule has 1 aromatic heterocycles. The molecule has 5 nitrogen and oxygen atoms in total.